The van der Waals surface area contributed by atoms with Crippen LogP contribution in [0.25, 0.3) is 22.4 Å². The lowest BCUT2D eigenvalue weighted by molar-refractivity contribution is 0.163. The number of nitrogens with one attached hydrogen (secondary N) is 2. The van der Waals surface area contributed by atoms with Crippen LogP contribution >= 0.6 is 11.6 Å². The first-order chi connectivity index (χ1) is 11.0. The monoisotopic (exact) mass is 337 g/mol. The Hall–Kier alpha value is -2.61. The Morgan fingerprint density at radius 1 is 1.26 bits per heavy atom. The normalized spacial score (nSPS) is 11.1. The minimum absolute atomic E-state index is 0.209. The van der Waals surface area contributed by atoms with Gasteiger partial charge in [-0.15, -0.1) is 0 Å². The average Bonchev–Trinajstić information content (AvgIpc) is 2.53. The Morgan fingerprint density at radius 3 is 2.78 bits per heavy atom. The zero-order chi connectivity index (χ0) is 16.4. The van der Waals surface area contributed by atoms with Crippen molar-refractivity contribution in [2.75, 3.05) is 11.9 Å². The highest BCUT2D eigenvalue weighted by atomic mass is 35.5. The van der Waals surface area contributed by atoms with E-state index in [9.17, 15) is 13.6 Å². The van der Waals surface area contributed by atoms with Gasteiger partial charge in [-0.25, -0.2) is 23.7 Å². The summed E-state index contributed by atoms with van der Waals surface area (Å²) in [5.74, 6) is 0.429. The minimum atomic E-state index is -2.49. The Labute approximate surface area is 133 Å². The maximum absolute atomic E-state index is 12.1. The maximum Gasteiger partial charge on any atom is 0.260 e. The third kappa shape index (κ3) is 3.26. The Balaban J connectivity index is 1.96. The van der Waals surface area contributed by atoms with E-state index in [1.807, 2.05) is 0 Å². The van der Waals surface area contributed by atoms with Gasteiger partial charge in [0.2, 0.25) is 0 Å². The molecule has 0 aliphatic heterocycles. The van der Waals surface area contributed by atoms with Crippen LogP contribution in [0.3, 0.4) is 0 Å². The highest BCUT2D eigenvalue weighted by molar-refractivity contribution is 6.35. The van der Waals surface area contributed by atoms with Crippen LogP contribution < -0.4 is 10.9 Å². The summed E-state index contributed by atoms with van der Waals surface area (Å²) < 4.78 is 24.2. The van der Waals surface area contributed by atoms with Crippen LogP contribution in [0.5, 0.6) is 0 Å². The van der Waals surface area contributed by atoms with Crippen molar-refractivity contribution >= 4 is 28.3 Å². The van der Waals surface area contributed by atoms with E-state index in [0.29, 0.717) is 21.6 Å². The van der Waals surface area contributed by atoms with Gasteiger partial charge in [-0.3, -0.25) is 4.79 Å². The molecule has 0 bridgehead atoms. The molecule has 2 N–H and O–H groups in total. The molecule has 0 saturated heterocycles. The number of nitrogens with zero attached hydrogens (tertiary/aromatic N) is 3. The standard InChI is InChI=1S/C14H10ClF2N5O/c15-7-2-1-3-8-12(7)14(23)22-13(21-8)9-4-19-11(6-18-9)20-5-10(16)17/h1-4,6,10H,5H2,(H,19,20)(H,21,22,23). The number of hydrogen-bond donors (Lipinski definition) is 2. The van der Waals surface area contributed by atoms with Gasteiger partial charge in [0.1, 0.15) is 11.5 Å². The second kappa shape index (κ2) is 6.25. The molecular formula is C14H10ClF2N5O. The molecule has 0 fully saturated rings. The van der Waals surface area contributed by atoms with Crippen LogP contribution in [0, 0.1) is 0 Å². The van der Waals surface area contributed by atoms with E-state index >= 15 is 0 Å². The van der Waals surface area contributed by atoms with Gasteiger partial charge >= 0.3 is 0 Å². The van der Waals surface area contributed by atoms with Crippen molar-refractivity contribution in [3.05, 3.63) is 46.0 Å². The molecule has 3 rings (SSSR count). The smallest absolute Gasteiger partial charge is 0.260 e. The molecule has 0 radical (unpaired) electrons. The predicted molar refractivity (Wildman–Crippen MR) is 82.9 cm³/mol. The van der Waals surface area contributed by atoms with Crippen LogP contribution in [0.4, 0.5) is 14.6 Å². The van der Waals surface area contributed by atoms with Crippen molar-refractivity contribution in [1.82, 2.24) is 19.9 Å². The summed E-state index contributed by atoms with van der Waals surface area (Å²) in [4.78, 5) is 27.0. The first kappa shape index (κ1) is 15.3. The molecule has 0 amide bonds. The van der Waals surface area contributed by atoms with E-state index < -0.39 is 18.5 Å². The molecular weight excluding hydrogens is 328 g/mol. The Bertz CT molecular complexity index is 898. The fourth-order valence-corrected chi connectivity index (χ4v) is 2.25. The fourth-order valence-electron chi connectivity index (χ4n) is 1.99. The van der Waals surface area contributed by atoms with Gasteiger partial charge in [-0.1, -0.05) is 17.7 Å². The summed E-state index contributed by atoms with van der Waals surface area (Å²) in [6.45, 7) is -0.516. The van der Waals surface area contributed by atoms with E-state index in [1.165, 1.54) is 12.4 Å². The van der Waals surface area contributed by atoms with Gasteiger partial charge in [0, 0.05) is 0 Å². The summed E-state index contributed by atoms with van der Waals surface area (Å²) in [7, 11) is 0. The maximum atomic E-state index is 12.1. The fraction of sp³-hybridized carbons (Fsp3) is 0.143. The third-order valence-corrected chi connectivity index (χ3v) is 3.33. The summed E-state index contributed by atoms with van der Waals surface area (Å²) in [5.41, 5.74) is 0.349. The molecule has 1 aromatic carbocycles. The van der Waals surface area contributed by atoms with Crippen LogP contribution in [0.15, 0.2) is 35.4 Å². The second-order valence-corrected chi connectivity index (χ2v) is 5.01. The van der Waals surface area contributed by atoms with Gasteiger partial charge in [-0.2, -0.15) is 0 Å². The van der Waals surface area contributed by atoms with Crippen molar-refractivity contribution < 1.29 is 8.78 Å². The van der Waals surface area contributed by atoms with Crippen molar-refractivity contribution in [3.8, 4) is 11.5 Å². The number of anilines is 1. The van der Waals surface area contributed by atoms with E-state index in [0.717, 1.165) is 0 Å². The molecule has 3 aromatic rings. The minimum Gasteiger partial charge on any atom is -0.363 e. The highest BCUT2D eigenvalue weighted by Gasteiger charge is 2.10. The second-order valence-electron chi connectivity index (χ2n) is 4.61. The quantitative estimate of drug-likeness (QED) is 0.764. The van der Waals surface area contributed by atoms with Crippen LogP contribution in [-0.4, -0.2) is 32.9 Å². The van der Waals surface area contributed by atoms with Crippen molar-refractivity contribution in [1.29, 1.82) is 0 Å². The van der Waals surface area contributed by atoms with Gasteiger partial charge in [0.25, 0.3) is 12.0 Å². The van der Waals surface area contributed by atoms with E-state index in [1.54, 1.807) is 18.2 Å². The SMILES string of the molecule is O=c1[nH]c(-c2cnc(NCC(F)F)cn2)nc2cccc(Cl)c12. The van der Waals surface area contributed by atoms with Crippen molar-refractivity contribution in [2.24, 2.45) is 0 Å². The van der Waals surface area contributed by atoms with Crippen molar-refractivity contribution in [2.45, 2.75) is 6.43 Å². The first-order valence-electron chi connectivity index (χ1n) is 6.57. The number of H-pyrrole nitrogens is 1. The number of rotatable bonds is 4. The van der Waals surface area contributed by atoms with Gasteiger partial charge < -0.3 is 10.3 Å². The number of aromatic nitrogens is 4. The third-order valence-electron chi connectivity index (χ3n) is 3.01. The molecule has 2 aromatic heterocycles. The lowest BCUT2D eigenvalue weighted by Crippen LogP contribution is -2.12. The van der Waals surface area contributed by atoms with Gasteiger partial charge in [0.15, 0.2) is 5.82 Å². The largest absolute Gasteiger partial charge is 0.363 e. The van der Waals surface area contributed by atoms with Gasteiger partial charge in [0.05, 0.1) is 34.9 Å². The van der Waals surface area contributed by atoms with Crippen LogP contribution in [-0.2, 0) is 0 Å². The zero-order valence-electron chi connectivity index (χ0n) is 11.6. The molecule has 0 spiro atoms. The molecule has 0 atom stereocenters. The highest BCUT2D eigenvalue weighted by Crippen LogP contribution is 2.20. The number of hydrogen-bond acceptors (Lipinski definition) is 5. The molecule has 9 heteroatoms. The summed E-state index contributed by atoms with van der Waals surface area (Å²) in [6, 6.07) is 4.94. The van der Waals surface area contributed by atoms with Crippen LogP contribution in [0.1, 0.15) is 0 Å². The molecule has 23 heavy (non-hydrogen) atoms. The number of fused-ring (bicyclic) bond motifs is 1. The molecule has 0 aliphatic rings. The molecule has 2 heterocycles. The lowest BCUT2D eigenvalue weighted by Gasteiger charge is -2.06. The van der Waals surface area contributed by atoms with Crippen molar-refractivity contribution in [3.63, 3.8) is 0 Å². The Kier molecular flexibility index (Phi) is 4.16. The predicted octanol–water partition coefficient (Wildman–Crippen LogP) is 2.71. The number of halogens is 3. The molecule has 0 saturated carbocycles. The van der Waals surface area contributed by atoms with E-state index in [2.05, 4.69) is 25.3 Å². The molecule has 0 aliphatic carbocycles. The average molecular weight is 338 g/mol. The summed E-state index contributed by atoms with van der Waals surface area (Å²) >= 11 is 5.98. The number of alkyl halides is 2. The van der Waals surface area contributed by atoms with Crippen LogP contribution in [0.2, 0.25) is 5.02 Å². The molecule has 0 unspecified atom stereocenters. The summed E-state index contributed by atoms with van der Waals surface area (Å²) in [6.07, 6.45) is 0.141. The van der Waals surface area contributed by atoms with E-state index in [-0.39, 0.29) is 11.6 Å². The van der Waals surface area contributed by atoms with E-state index in [4.69, 9.17) is 11.6 Å². The molecule has 118 valence electrons. The number of aromatic amines is 1. The molecule has 6 nitrogen and oxygen atoms in total. The first-order valence-corrected chi connectivity index (χ1v) is 6.95. The Morgan fingerprint density at radius 2 is 2.09 bits per heavy atom. The zero-order valence-corrected chi connectivity index (χ0v) is 12.3. The topological polar surface area (TPSA) is 83.6 Å². The lowest BCUT2D eigenvalue weighted by atomic mass is 10.2. The summed E-state index contributed by atoms with van der Waals surface area (Å²) in [5, 5.41) is 3.04. The van der Waals surface area contributed by atoms with Gasteiger partial charge in [-0.05, 0) is 12.1 Å². The number of benzene rings is 1.